The van der Waals surface area contributed by atoms with Crippen LogP contribution in [-0.2, 0) is 62.2 Å². The molecule has 0 aliphatic carbocycles. The zero-order valence-corrected chi connectivity index (χ0v) is 46.1. The Morgan fingerprint density at radius 1 is 0.645 bits per heavy atom. The van der Waals surface area contributed by atoms with Crippen LogP contribution in [0.1, 0.15) is 129 Å². The molecule has 0 radical (unpaired) electrons. The number of hydrogen-bond donors (Lipinski definition) is 0. The molecule has 0 aliphatic rings. The van der Waals surface area contributed by atoms with Crippen LogP contribution in [0.3, 0.4) is 0 Å². The SMILES string of the molecule is C.C.CCC(C)(C)C(=O)OCCCS(=O)(=O)[N-]S(=O)(=O)C(F)(F)F.CCCC[Si](C)(C)O[Si](C)(C)CCCOC(=O)C(C)(C)CC.CCOCCOCCOC(=O)C(C)CC.[K+]. The van der Waals surface area contributed by atoms with E-state index < -0.39 is 59.3 Å². The monoisotopic (exact) mass is 1000 g/mol. The van der Waals surface area contributed by atoms with E-state index >= 15 is 0 Å². The Labute approximate surface area is 420 Å². The standard InChI is InChI=1S/C17H38O3Si2.C11H22O4.C10H17F3NO6S2.2CH4.K/c1-9-11-14-21(5,6)20-22(7,8)15-12-13-19-16(18)17(3,4)10-2;1-4-10(3)11(12)15-9-8-14-7-6-13-5-2;1-4-9(2,3)8(15)20-6-5-7-21(16,17)14-22(18,19)10(11,12)13;;;/h9-15H2,1-8H3;10H,4-9H2,1-3H3;4-7H2,1-3H3;2*1H4;/q;;-1;;;+1. The number of alkyl halides is 3. The van der Waals surface area contributed by atoms with E-state index in [9.17, 15) is 44.4 Å². The molecule has 0 saturated carbocycles. The van der Waals surface area contributed by atoms with Crippen molar-refractivity contribution in [2.75, 3.05) is 52.0 Å². The molecule has 0 aliphatic heterocycles. The number of ether oxygens (including phenoxy) is 5. The molecule has 0 heterocycles. The minimum absolute atomic E-state index is 0. The molecule has 22 heteroatoms. The van der Waals surface area contributed by atoms with Crippen LogP contribution < -0.4 is 51.4 Å². The first-order valence-electron chi connectivity index (χ1n) is 20.5. The van der Waals surface area contributed by atoms with Gasteiger partial charge >= 0.3 is 74.8 Å². The third-order valence-corrected chi connectivity index (χ3v) is 19.7. The summed E-state index contributed by atoms with van der Waals surface area (Å²) in [4.78, 5) is 34.7. The van der Waals surface area contributed by atoms with E-state index in [1.54, 1.807) is 20.8 Å². The second kappa shape index (κ2) is 36.1. The molecule has 14 nitrogen and oxygen atoms in total. The maximum atomic E-state index is 12.0. The number of carbonyl (C=O) groups is 3. The summed E-state index contributed by atoms with van der Waals surface area (Å²) in [6.45, 7) is 30.9. The van der Waals surface area contributed by atoms with E-state index in [1.165, 1.54) is 18.9 Å². The van der Waals surface area contributed by atoms with Crippen LogP contribution in [0.15, 0.2) is 0 Å². The Balaban J connectivity index is -0.000000189. The van der Waals surface area contributed by atoms with Gasteiger partial charge < -0.3 is 31.9 Å². The van der Waals surface area contributed by atoms with Gasteiger partial charge in [-0.05, 0) is 105 Å². The third kappa shape index (κ3) is 37.1. The van der Waals surface area contributed by atoms with Gasteiger partial charge in [0.05, 0.1) is 59.8 Å². The normalized spacial score (nSPS) is 12.7. The van der Waals surface area contributed by atoms with Crippen molar-refractivity contribution >= 4 is 54.6 Å². The fourth-order valence-electron chi connectivity index (χ4n) is 4.30. The fourth-order valence-corrected chi connectivity index (χ4v) is 15.6. The van der Waals surface area contributed by atoms with Gasteiger partial charge in [0.2, 0.25) is 0 Å². The molecule has 0 bridgehead atoms. The van der Waals surface area contributed by atoms with Crippen molar-refractivity contribution in [2.45, 2.75) is 173 Å². The third-order valence-electron chi connectivity index (χ3n) is 9.06. The summed E-state index contributed by atoms with van der Waals surface area (Å²) in [5.74, 6) is -1.82. The van der Waals surface area contributed by atoms with E-state index in [4.69, 9.17) is 27.8 Å². The summed E-state index contributed by atoms with van der Waals surface area (Å²) in [6.07, 6.45) is 5.16. The van der Waals surface area contributed by atoms with Crippen LogP contribution >= 0.6 is 0 Å². The van der Waals surface area contributed by atoms with Crippen molar-refractivity contribution in [1.29, 1.82) is 0 Å². The predicted molar refractivity (Wildman–Crippen MR) is 243 cm³/mol. The molecule has 0 amide bonds. The molecule has 1 unspecified atom stereocenters. The Bertz CT molecular complexity index is 1420. The first-order chi connectivity index (χ1) is 26.8. The molecule has 62 heavy (non-hydrogen) atoms. The molecular formula is C40H85F3KNO13S2Si2. The Kier molecular flexibility index (Phi) is 42.8. The number of rotatable bonds is 28. The van der Waals surface area contributed by atoms with Crippen LogP contribution in [0, 0.1) is 16.7 Å². The van der Waals surface area contributed by atoms with E-state index in [0.29, 0.717) is 46.1 Å². The van der Waals surface area contributed by atoms with Crippen LogP contribution in [0.4, 0.5) is 13.2 Å². The van der Waals surface area contributed by atoms with Crippen molar-refractivity contribution < 1.29 is 124 Å². The maximum absolute atomic E-state index is 12.0. The smallest absolute Gasteiger partial charge is 0.465 e. The van der Waals surface area contributed by atoms with Gasteiger partial charge in [-0.15, -0.1) is 0 Å². The Hall–Kier alpha value is 0.0101. The number of halogens is 3. The largest absolute Gasteiger partial charge is 1.00 e. The van der Waals surface area contributed by atoms with Crippen LogP contribution in [-0.4, -0.2) is 109 Å². The van der Waals surface area contributed by atoms with Gasteiger partial charge in [-0.3, -0.25) is 14.4 Å². The van der Waals surface area contributed by atoms with E-state index in [2.05, 4.69) is 33.1 Å². The minimum atomic E-state index is -6.11. The van der Waals surface area contributed by atoms with Crippen LogP contribution in [0.25, 0.3) is 4.13 Å². The van der Waals surface area contributed by atoms with Crippen molar-refractivity contribution in [2.24, 2.45) is 16.7 Å². The van der Waals surface area contributed by atoms with E-state index in [-0.39, 0.29) is 103 Å². The van der Waals surface area contributed by atoms with Gasteiger partial charge in [-0.2, -0.15) is 13.2 Å². The number of carbonyl (C=O) groups excluding carboxylic acids is 3. The minimum Gasteiger partial charge on any atom is -0.465 e. The zero-order valence-electron chi connectivity index (χ0n) is 39.3. The molecule has 0 aromatic carbocycles. The van der Waals surface area contributed by atoms with Crippen LogP contribution in [0.2, 0.25) is 38.3 Å². The maximum Gasteiger partial charge on any atom is 1.00 e. The Morgan fingerprint density at radius 3 is 1.47 bits per heavy atom. The summed E-state index contributed by atoms with van der Waals surface area (Å²) in [5, 5.41) is 0. The molecule has 0 N–H and O–H groups in total. The van der Waals surface area contributed by atoms with Gasteiger partial charge in [-0.1, -0.05) is 62.3 Å². The molecule has 1 atom stereocenters. The van der Waals surface area contributed by atoms with Gasteiger partial charge in [0.25, 0.3) is 0 Å². The Morgan fingerprint density at radius 2 is 1.06 bits per heavy atom. The van der Waals surface area contributed by atoms with Crippen LogP contribution in [0.5, 0.6) is 0 Å². The summed E-state index contributed by atoms with van der Waals surface area (Å²) in [7, 11) is -14.1. The molecular weight excluding hydrogens is 919 g/mol. The molecule has 0 saturated heterocycles. The first kappa shape index (κ1) is 73.6. The summed E-state index contributed by atoms with van der Waals surface area (Å²) < 4.78 is 114. The number of unbranched alkanes of at least 4 members (excludes halogenated alkanes) is 1. The fraction of sp³-hybridized carbons (Fsp3) is 0.925. The zero-order chi connectivity index (χ0) is 46.8. The quantitative estimate of drug-likeness (QED) is 0.0327. The molecule has 0 aromatic heterocycles. The first-order valence-corrected chi connectivity index (χ1v) is 29.7. The molecule has 0 spiro atoms. The van der Waals surface area contributed by atoms with Gasteiger partial charge in [0.1, 0.15) is 6.61 Å². The van der Waals surface area contributed by atoms with Crippen molar-refractivity contribution in [3.63, 3.8) is 0 Å². The average molecular weight is 1000 g/mol. The van der Waals surface area contributed by atoms with Crippen molar-refractivity contribution in [3.05, 3.63) is 4.13 Å². The van der Waals surface area contributed by atoms with Gasteiger partial charge in [-0.25, -0.2) is 16.8 Å². The summed E-state index contributed by atoms with van der Waals surface area (Å²) >= 11 is 0. The van der Waals surface area contributed by atoms with Crippen molar-refractivity contribution in [1.82, 2.24) is 0 Å². The molecule has 370 valence electrons. The summed E-state index contributed by atoms with van der Waals surface area (Å²) in [6, 6.07) is 2.31. The second-order valence-corrected chi connectivity index (χ2v) is 28.9. The number of sulfonamides is 2. The van der Waals surface area contributed by atoms with Gasteiger partial charge in [0, 0.05) is 12.4 Å². The number of nitrogens with zero attached hydrogens (tertiary/aromatic N) is 1. The topological polar surface area (TPSA) is 189 Å². The molecule has 0 rings (SSSR count). The molecule has 0 fully saturated rings. The van der Waals surface area contributed by atoms with E-state index in [1.807, 2.05) is 45.7 Å². The van der Waals surface area contributed by atoms with Gasteiger partial charge in [0.15, 0.2) is 26.7 Å². The predicted octanol–water partition coefficient (Wildman–Crippen LogP) is 7.40. The summed E-state index contributed by atoms with van der Waals surface area (Å²) in [5.41, 5.74) is -6.92. The van der Waals surface area contributed by atoms with Crippen molar-refractivity contribution in [3.8, 4) is 0 Å². The van der Waals surface area contributed by atoms with E-state index in [0.717, 1.165) is 25.3 Å². The average Bonchev–Trinajstić information content (AvgIpc) is 3.12. The number of esters is 3. The number of hydrogen-bond acceptors (Lipinski definition) is 13. The second-order valence-electron chi connectivity index (χ2n) is 16.5. The molecule has 0 aromatic rings.